The van der Waals surface area contributed by atoms with Gasteiger partial charge in [0, 0.05) is 13.8 Å². The normalized spacial score (nSPS) is 10.5. The van der Waals surface area contributed by atoms with Crippen molar-refractivity contribution in [3.63, 3.8) is 0 Å². The molecule has 0 spiro atoms. The Bertz CT molecular complexity index is 490. The first-order valence-electron chi connectivity index (χ1n) is 5.53. The third-order valence-electron chi connectivity index (χ3n) is 3.14. The summed E-state index contributed by atoms with van der Waals surface area (Å²) in [6.45, 7) is 4.28. The summed E-state index contributed by atoms with van der Waals surface area (Å²) >= 11 is 0. The smallest absolute Gasteiger partial charge is 0.142 e. The summed E-state index contributed by atoms with van der Waals surface area (Å²) in [5.74, 6) is 1.23. The third kappa shape index (κ3) is 1.71. The molecule has 1 aromatic heterocycles. The molecule has 16 heavy (non-hydrogen) atoms. The van der Waals surface area contributed by atoms with Crippen molar-refractivity contribution in [2.24, 2.45) is 14.1 Å². The van der Waals surface area contributed by atoms with Crippen LogP contribution in [0.4, 0.5) is 0 Å². The van der Waals surface area contributed by atoms with E-state index in [0.717, 1.165) is 0 Å². The van der Waals surface area contributed by atoms with Crippen LogP contribution in [0.2, 0.25) is 0 Å². The fraction of sp³-hybridized carbons (Fsp3) is 0.286. The van der Waals surface area contributed by atoms with Gasteiger partial charge in [0.15, 0.2) is 11.4 Å². The molecule has 0 fully saturated rings. The minimum atomic E-state index is 1.23. The zero-order chi connectivity index (χ0) is 11.7. The van der Waals surface area contributed by atoms with Gasteiger partial charge in [-0.05, 0) is 12.1 Å². The van der Waals surface area contributed by atoms with Crippen molar-refractivity contribution >= 4 is 0 Å². The van der Waals surface area contributed by atoms with Gasteiger partial charge in [-0.15, -0.1) is 9.13 Å². The van der Waals surface area contributed by atoms with Gasteiger partial charge in [-0.3, -0.25) is 0 Å². The molecule has 0 aliphatic carbocycles. The Morgan fingerprint density at radius 1 is 0.812 bits per heavy atom. The third-order valence-corrected chi connectivity index (χ3v) is 3.14. The molecule has 2 rings (SSSR count). The predicted octanol–water partition coefficient (Wildman–Crippen LogP) is 1.62. The van der Waals surface area contributed by atoms with E-state index in [-0.39, 0.29) is 0 Å². The maximum absolute atomic E-state index is 2.22. The Kier molecular flexibility index (Phi) is 2.73. The lowest BCUT2D eigenvalue weighted by Gasteiger charge is -2.02. The zero-order valence-corrected chi connectivity index (χ0v) is 10.4. The van der Waals surface area contributed by atoms with Crippen LogP contribution >= 0.6 is 0 Å². The standard InChI is InChI=1S/C14H18N2/c1-11-10-12(2)16(4)14(15(11)3)13-8-6-5-7-9-13/h5-10H,1-4H3/q+2. The van der Waals surface area contributed by atoms with E-state index in [1.54, 1.807) is 0 Å². The highest BCUT2D eigenvalue weighted by molar-refractivity contribution is 5.48. The van der Waals surface area contributed by atoms with Crippen LogP contribution in [0.15, 0.2) is 36.4 Å². The number of rotatable bonds is 1. The quantitative estimate of drug-likeness (QED) is 0.637. The van der Waals surface area contributed by atoms with E-state index >= 15 is 0 Å². The summed E-state index contributed by atoms with van der Waals surface area (Å²) in [7, 11) is 4.22. The molecule has 82 valence electrons. The lowest BCUT2D eigenvalue weighted by Crippen LogP contribution is -2.50. The molecular formula is C14H18N2+2. The lowest BCUT2D eigenvalue weighted by molar-refractivity contribution is -0.791. The Hall–Kier alpha value is -1.70. The van der Waals surface area contributed by atoms with Crippen LogP contribution in [0, 0.1) is 13.8 Å². The van der Waals surface area contributed by atoms with Crippen LogP contribution in [0.1, 0.15) is 11.4 Å². The van der Waals surface area contributed by atoms with Crippen LogP contribution in [-0.4, -0.2) is 0 Å². The summed E-state index contributed by atoms with van der Waals surface area (Å²) in [5.41, 5.74) is 3.79. The van der Waals surface area contributed by atoms with Crippen molar-refractivity contribution in [1.29, 1.82) is 0 Å². The van der Waals surface area contributed by atoms with Crippen molar-refractivity contribution in [3.8, 4) is 11.4 Å². The Morgan fingerprint density at radius 2 is 1.31 bits per heavy atom. The first kappa shape index (κ1) is 10.8. The van der Waals surface area contributed by atoms with Gasteiger partial charge in [0.25, 0.3) is 0 Å². The summed E-state index contributed by atoms with van der Waals surface area (Å²) in [6, 6.07) is 12.7. The van der Waals surface area contributed by atoms with Gasteiger partial charge >= 0.3 is 5.82 Å². The average molecular weight is 214 g/mol. The van der Waals surface area contributed by atoms with Crippen LogP contribution in [0.25, 0.3) is 11.4 Å². The molecule has 0 aliphatic heterocycles. The van der Waals surface area contributed by atoms with Crippen LogP contribution in [0.3, 0.4) is 0 Å². The van der Waals surface area contributed by atoms with Crippen LogP contribution < -0.4 is 9.13 Å². The molecule has 0 aliphatic rings. The molecule has 2 nitrogen and oxygen atoms in total. The van der Waals surface area contributed by atoms with Crippen molar-refractivity contribution < 1.29 is 9.13 Å². The van der Waals surface area contributed by atoms with E-state index in [1.165, 1.54) is 22.8 Å². The van der Waals surface area contributed by atoms with E-state index in [4.69, 9.17) is 0 Å². The Balaban J connectivity index is 2.74. The molecular weight excluding hydrogens is 196 g/mol. The van der Waals surface area contributed by atoms with E-state index in [9.17, 15) is 0 Å². The van der Waals surface area contributed by atoms with Gasteiger partial charge in [0.2, 0.25) is 0 Å². The number of aryl methyl sites for hydroxylation is 2. The monoisotopic (exact) mass is 214 g/mol. The highest BCUT2D eigenvalue weighted by atomic mass is 15.1. The van der Waals surface area contributed by atoms with Gasteiger partial charge in [-0.2, -0.15) is 0 Å². The highest BCUT2D eigenvalue weighted by Crippen LogP contribution is 2.11. The first-order valence-corrected chi connectivity index (χ1v) is 5.53. The zero-order valence-electron chi connectivity index (χ0n) is 10.4. The second-order valence-corrected chi connectivity index (χ2v) is 4.23. The summed E-state index contributed by atoms with van der Waals surface area (Å²) in [4.78, 5) is 0. The fourth-order valence-corrected chi connectivity index (χ4v) is 2.03. The van der Waals surface area contributed by atoms with E-state index < -0.39 is 0 Å². The maximum atomic E-state index is 2.22. The highest BCUT2D eigenvalue weighted by Gasteiger charge is 2.25. The maximum Gasteiger partial charge on any atom is 0.451 e. The van der Waals surface area contributed by atoms with E-state index in [1.807, 2.05) is 6.07 Å². The summed E-state index contributed by atoms with van der Waals surface area (Å²) in [6.07, 6.45) is 0. The number of benzene rings is 1. The van der Waals surface area contributed by atoms with Crippen LogP contribution in [0.5, 0.6) is 0 Å². The van der Waals surface area contributed by atoms with Gasteiger partial charge in [-0.25, -0.2) is 0 Å². The molecule has 0 saturated heterocycles. The number of hydrogen-bond acceptors (Lipinski definition) is 0. The molecule has 2 heteroatoms. The second-order valence-electron chi connectivity index (χ2n) is 4.23. The van der Waals surface area contributed by atoms with Gasteiger partial charge in [-0.1, -0.05) is 18.2 Å². The van der Waals surface area contributed by atoms with Crippen molar-refractivity contribution in [3.05, 3.63) is 47.8 Å². The molecule has 0 bridgehead atoms. The average Bonchev–Trinajstić information content (AvgIpc) is 2.28. The summed E-state index contributed by atoms with van der Waals surface area (Å²) < 4.78 is 4.45. The Labute approximate surface area is 96.8 Å². The molecule has 0 saturated carbocycles. The molecule has 1 heterocycles. The predicted molar refractivity (Wildman–Crippen MR) is 63.7 cm³/mol. The molecule has 0 amide bonds. The van der Waals surface area contributed by atoms with E-state index in [2.05, 4.69) is 67.4 Å². The number of hydrogen-bond donors (Lipinski definition) is 0. The van der Waals surface area contributed by atoms with Crippen molar-refractivity contribution in [1.82, 2.24) is 0 Å². The number of nitrogens with zero attached hydrogens (tertiary/aromatic N) is 2. The summed E-state index contributed by atoms with van der Waals surface area (Å²) in [5, 5.41) is 0. The minimum Gasteiger partial charge on any atom is -0.142 e. The number of aromatic nitrogens is 2. The largest absolute Gasteiger partial charge is 0.451 e. The fourth-order valence-electron chi connectivity index (χ4n) is 2.03. The van der Waals surface area contributed by atoms with Crippen molar-refractivity contribution in [2.45, 2.75) is 13.8 Å². The van der Waals surface area contributed by atoms with Gasteiger partial charge < -0.3 is 0 Å². The molecule has 0 radical (unpaired) electrons. The molecule has 0 unspecified atom stereocenters. The lowest BCUT2D eigenvalue weighted by atomic mass is 10.2. The van der Waals surface area contributed by atoms with Crippen LogP contribution in [-0.2, 0) is 14.1 Å². The van der Waals surface area contributed by atoms with Gasteiger partial charge in [0.1, 0.15) is 19.7 Å². The topological polar surface area (TPSA) is 7.76 Å². The molecule has 0 atom stereocenters. The SMILES string of the molecule is Cc1cc(C)[n+](C)c(-c2ccccc2)[n+]1C. The molecule has 0 N–H and O–H groups in total. The molecule has 2 aromatic rings. The second kappa shape index (κ2) is 4.05. The van der Waals surface area contributed by atoms with Crippen molar-refractivity contribution in [2.75, 3.05) is 0 Å². The molecule has 1 aromatic carbocycles. The minimum absolute atomic E-state index is 1.23. The Morgan fingerprint density at radius 3 is 1.81 bits per heavy atom. The first-order chi connectivity index (χ1) is 7.61. The van der Waals surface area contributed by atoms with E-state index in [0.29, 0.717) is 0 Å². The van der Waals surface area contributed by atoms with Gasteiger partial charge in [0.05, 0.1) is 6.07 Å².